The molecule has 0 amide bonds. The average Bonchev–Trinajstić information content (AvgIpc) is 2.39. The fourth-order valence-electron chi connectivity index (χ4n) is 2.96. The standard InChI is InChI=1S/C16H26N2/c1-3-14-7-9-15(10-8-14)18(2)13-16(17)11-5-4-6-12-16/h7-10H,3-6,11-13,17H2,1-2H3. The number of benzene rings is 1. The molecule has 1 aliphatic rings. The number of rotatable bonds is 4. The summed E-state index contributed by atoms with van der Waals surface area (Å²) in [6, 6.07) is 8.86. The Morgan fingerprint density at radius 2 is 1.72 bits per heavy atom. The van der Waals surface area contributed by atoms with Gasteiger partial charge >= 0.3 is 0 Å². The molecule has 1 aromatic carbocycles. The second-order valence-electron chi connectivity index (χ2n) is 5.80. The Hall–Kier alpha value is -1.02. The van der Waals surface area contributed by atoms with E-state index in [2.05, 4.69) is 43.1 Å². The van der Waals surface area contributed by atoms with Gasteiger partial charge in [0.25, 0.3) is 0 Å². The summed E-state index contributed by atoms with van der Waals surface area (Å²) in [5, 5.41) is 0. The number of hydrogen-bond donors (Lipinski definition) is 1. The largest absolute Gasteiger partial charge is 0.373 e. The maximum absolute atomic E-state index is 6.51. The topological polar surface area (TPSA) is 29.3 Å². The number of likely N-dealkylation sites (N-methyl/N-ethyl adjacent to an activating group) is 1. The maximum Gasteiger partial charge on any atom is 0.0364 e. The molecule has 100 valence electrons. The van der Waals surface area contributed by atoms with Gasteiger partial charge in [0.05, 0.1) is 0 Å². The van der Waals surface area contributed by atoms with E-state index in [1.54, 1.807) is 0 Å². The van der Waals surface area contributed by atoms with Crippen molar-refractivity contribution in [2.75, 3.05) is 18.5 Å². The lowest BCUT2D eigenvalue weighted by Gasteiger charge is -2.37. The van der Waals surface area contributed by atoms with Gasteiger partial charge in [-0.25, -0.2) is 0 Å². The Balaban J connectivity index is 1.99. The summed E-state index contributed by atoms with van der Waals surface area (Å²) >= 11 is 0. The second kappa shape index (κ2) is 5.75. The SMILES string of the molecule is CCc1ccc(N(C)CC2(N)CCCCC2)cc1. The summed E-state index contributed by atoms with van der Waals surface area (Å²) in [6.07, 6.45) is 7.38. The van der Waals surface area contributed by atoms with Crippen LogP contribution in [-0.2, 0) is 6.42 Å². The van der Waals surface area contributed by atoms with Gasteiger partial charge in [-0.2, -0.15) is 0 Å². The highest BCUT2D eigenvalue weighted by molar-refractivity contribution is 5.47. The number of nitrogens with two attached hydrogens (primary N) is 1. The van der Waals surface area contributed by atoms with Crippen LogP contribution in [0.5, 0.6) is 0 Å². The predicted molar refractivity (Wildman–Crippen MR) is 79.1 cm³/mol. The van der Waals surface area contributed by atoms with E-state index in [1.807, 2.05) is 0 Å². The lowest BCUT2D eigenvalue weighted by Crippen LogP contribution is -2.50. The second-order valence-corrected chi connectivity index (χ2v) is 5.80. The van der Waals surface area contributed by atoms with Crippen molar-refractivity contribution in [3.05, 3.63) is 29.8 Å². The summed E-state index contributed by atoms with van der Waals surface area (Å²) in [5.74, 6) is 0. The van der Waals surface area contributed by atoms with Gasteiger partial charge in [0.15, 0.2) is 0 Å². The van der Waals surface area contributed by atoms with E-state index in [-0.39, 0.29) is 5.54 Å². The third-order valence-electron chi connectivity index (χ3n) is 4.19. The molecule has 2 nitrogen and oxygen atoms in total. The smallest absolute Gasteiger partial charge is 0.0364 e. The van der Waals surface area contributed by atoms with Gasteiger partial charge in [-0.1, -0.05) is 38.3 Å². The Morgan fingerprint density at radius 3 is 2.28 bits per heavy atom. The van der Waals surface area contributed by atoms with Crippen molar-refractivity contribution in [3.8, 4) is 0 Å². The summed E-state index contributed by atoms with van der Waals surface area (Å²) in [7, 11) is 2.16. The molecule has 1 saturated carbocycles. The van der Waals surface area contributed by atoms with Crippen molar-refractivity contribution in [2.45, 2.75) is 51.0 Å². The van der Waals surface area contributed by atoms with E-state index < -0.39 is 0 Å². The molecule has 1 fully saturated rings. The van der Waals surface area contributed by atoms with Crippen LogP contribution in [0.2, 0.25) is 0 Å². The molecule has 1 aliphatic carbocycles. The highest BCUT2D eigenvalue weighted by atomic mass is 15.1. The van der Waals surface area contributed by atoms with Crippen LogP contribution in [0.25, 0.3) is 0 Å². The van der Waals surface area contributed by atoms with Crippen molar-refractivity contribution in [2.24, 2.45) is 5.73 Å². The van der Waals surface area contributed by atoms with Crippen molar-refractivity contribution in [3.63, 3.8) is 0 Å². The third-order valence-corrected chi connectivity index (χ3v) is 4.19. The van der Waals surface area contributed by atoms with E-state index in [1.165, 1.54) is 43.4 Å². The molecule has 2 N–H and O–H groups in total. The Morgan fingerprint density at radius 1 is 1.11 bits per heavy atom. The Labute approximate surface area is 111 Å². The van der Waals surface area contributed by atoms with Gasteiger partial charge in [0, 0.05) is 24.8 Å². The van der Waals surface area contributed by atoms with E-state index in [0.29, 0.717) is 0 Å². The highest BCUT2D eigenvalue weighted by Gasteiger charge is 2.28. The number of hydrogen-bond acceptors (Lipinski definition) is 2. The molecule has 0 atom stereocenters. The first-order chi connectivity index (χ1) is 8.63. The van der Waals surface area contributed by atoms with E-state index in [4.69, 9.17) is 5.73 Å². The highest BCUT2D eigenvalue weighted by Crippen LogP contribution is 2.28. The van der Waals surface area contributed by atoms with Gasteiger partial charge < -0.3 is 10.6 Å². The average molecular weight is 246 g/mol. The van der Waals surface area contributed by atoms with Gasteiger partial charge in [-0.3, -0.25) is 0 Å². The number of anilines is 1. The zero-order valence-corrected chi connectivity index (χ0v) is 11.8. The Bertz CT molecular complexity index is 363. The van der Waals surface area contributed by atoms with E-state index in [9.17, 15) is 0 Å². The lowest BCUT2D eigenvalue weighted by atomic mass is 9.82. The zero-order valence-electron chi connectivity index (χ0n) is 11.8. The number of nitrogens with zero attached hydrogens (tertiary/aromatic N) is 1. The molecule has 0 aliphatic heterocycles. The molecule has 0 radical (unpaired) electrons. The molecular weight excluding hydrogens is 220 g/mol. The first-order valence-electron chi connectivity index (χ1n) is 7.22. The van der Waals surface area contributed by atoms with Crippen LogP contribution in [-0.4, -0.2) is 19.1 Å². The molecule has 0 aromatic heterocycles. The van der Waals surface area contributed by atoms with Crippen molar-refractivity contribution in [1.82, 2.24) is 0 Å². The minimum absolute atomic E-state index is 0.0242. The monoisotopic (exact) mass is 246 g/mol. The summed E-state index contributed by atoms with van der Waals surface area (Å²) in [4.78, 5) is 2.31. The molecule has 1 aromatic rings. The van der Waals surface area contributed by atoms with Crippen LogP contribution >= 0.6 is 0 Å². The third kappa shape index (κ3) is 3.26. The molecular formula is C16H26N2. The molecule has 0 unspecified atom stereocenters. The minimum atomic E-state index is 0.0242. The fourth-order valence-corrected chi connectivity index (χ4v) is 2.96. The van der Waals surface area contributed by atoms with Crippen molar-refractivity contribution < 1.29 is 0 Å². The molecule has 18 heavy (non-hydrogen) atoms. The number of aryl methyl sites for hydroxylation is 1. The molecule has 0 bridgehead atoms. The predicted octanol–water partition coefficient (Wildman–Crippen LogP) is 3.35. The maximum atomic E-state index is 6.51. The van der Waals surface area contributed by atoms with Crippen molar-refractivity contribution >= 4 is 5.69 Å². The van der Waals surface area contributed by atoms with Crippen LogP contribution in [0.15, 0.2) is 24.3 Å². The van der Waals surface area contributed by atoms with Gasteiger partial charge in [-0.15, -0.1) is 0 Å². The zero-order chi connectivity index (χ0) is 13.0. The molecule has 2 rings (SSSR count). The lowest BCUT2D eigenvalue weighted by molar-refractivity contribution is 0.301. The van der Waals surface area contributed by atoms with Crippen LogP contribution in [0.4, 0.5) is 5.69 Å². The van der Waals surface area contributed by atoms with E-state index in [0.717, 1.165) is 13.0 Å². The van der Waals surface area contributed by atoms with Crippen LogP contribution < -0.4 is 10.6 Å². The Kier molecular flexibility index (Phi) is 4.28. The summed E-state index contributed by atoms with van der Waals surface area (Å²) in [6.45, 7) is 3.16. The van der Waals surface area contributed by atoms with Crippen LogP contribution in [0.1, 0.15) is 44.6 Å². The van der Waals surface area contributed by atoms with Gasteiger partial charge in [-0.05, 0) is 37.0 Å². The molecule has 0 spiro atoms. The van der Waals surface area contributed by atoms with Gasteiger partial charge in [0.2, 0.25) is 0 Å². The van der Waals surface area contributed by atoms with Crippen molar-refractivity contribution in [1.29, 1.82) is 0 Å². The van der Waals surface area contributed by atoms with Gasteiger partial charge in [0.1, 0.15) is 0 Å². The summed E-state index contributed by atoms with van der Waals surface area (Å²) < 4.78 is 0. The molecule has 0 heterocycles. The fraction of sp³-hybridized carbons (Fsp3) is 0.625. The normalized spacial score (nSPS) is 18.6. The minimum Gasteiger partial charge on any atom is -0.373 e. The molecule has 0 saturated heterocycles. The van der Waals surface area contributed by atoms with Crippen LogP contribution in [0, 0.1) is 0 Å². The molecule has 2 heteroatoms. The first-order valence-corrected chi connectivity index (χ1v) is 7.22. The first kappa shape index (κ1) is 13.4. The summed E-state index contributed by atoms with van der Waals surface area (Å²) in [5.41, 5.74) is 9.21. The van der Waals surface area contributed by atoms with E-state index >= 15 is 0 Å². The van der Waals surface area contributed by atoms with Crippen LogP contribution in [0.3, 0.4) is 0 Å². The quantitative estimate of drug-likeness (QED) is 0.883.